The van der Waals surface area contributed by atoms with Gasteiger partial charge < -0.3 is 0 Å². The fourth-order valence-electron chi connectivity index (χ4n) is 0.688. The summed E-state index contributed by atoms with van der Waals surface area (Å²) in [5.74, 6) is 0. The van der Waals surface area contributed by atoms with Crippen molar-refractivity contribution in [1.82, 2.24) is 10.2 Å². The molecule has 0 amide bonds. The van der Waals surface area contributed by atoms with Crippen molar-refractivity contribution in [3.63, 3.8) is 0 Å². The second-order valence-electron chi connectivity index (χ2n) is 2.06. The largest absolute Gasteiger partial charge is 0.167 e. The van der Waals surface area contributed by atoms with Crippen molar-refractivity contribution in [2.75, 3.05) is 0 Å². The van der Waals surface area contributed by atoms with Crippen molar-refractivity contribution in [2.24, 2.45) is 0 Å². The first-order valence-electron chi connectivity index (χ1n) is 3.19. The molecule has 0 aliphatic carbocycles. The number of nitrogens with zero attached hydrogens (tertiary/aromatic N) is 2. The maximum atomic E-state index is 5.34. The molecule has 0 aliphatic heterocycles. The van der Waals surface area contributed by atoms with Gasteiger partial charge in [-0.1, -0.05) is 6.82 Å². The topological polar surface area (TPSA) is 25.8 Å². The van der Waals surface area contributed by atoms with Crippen LogP contribution in [0, 0.1) is 0 Å². The van der Waals surface area contributed by atoms with Crippen LogP contribution >= 0.6 is 0 Å². The van der Waals surface area contributed by atoms with Crippen molar-refractivity contribution in [1.29, 1.82) is 0 Å². The van der Waals surface area contributed by atoms with Crippen LogP contribution in [0.3, 0.4) is 0 Å². The van der Waals surface area contributed by atoms with Crippen LogP contribution in [0.15, 0.2) is 12.1 Å². The fourth-order valence-corrected chi connectivity index (χ4v) is 0.688. The Morgan fingerprint density at radius 2 is 2.30 bits per heavy atom. The SMILES string of the molecule is [B]c1ccc(C[B]C)nn1. The van der Waals surface area contributed by atoms with E-state index < -0.39 is 0 Å². The molecule has 0 unspecified atom stereocenters. The maximum Gasteiger partial charge on any atom is 0.144 e. The minimum absolute atomic E-state index is 0.472. The molecule has 0 bridgehead atoms. The van der Waals surface area contributed by atoms with Gasteiger partial charge >= 0.3 is 0 Å². The molecule has 1 rings (SSSR count). The second-order valence-corrected chi connectivity index (χ2v) is 2.06. The van der Waals surface area contributed by atoms with Gasteiger partial charge in [-0.2, -0.15) is 10.2 Å². The molecular weight excluding hydrogens is 122 g/mol. The average molecular weight is 129 g/mol. The highest BCUT2D eigenvalue weighted by Gasteiger charge is 1.91. The summed E-state index contributed by atoms with van der Waals surface area (Å²) in [7, 11) is 7.37. The van der Waals surface area contributed by atoms with E-state index in [0.717, 1.165) is 12.0 Å². The molecule has 0 saturated carbocycles. The third-order valence-electron chi connectivity index (χ3n) is 1.15. The Labute approximate surface area is 62.7 Å². The van der Waals surface area contributed by atoms with Crippen LogP contribution in [0.5, 0.6) is 0 Å². The van der Waals surface area contributed by atoms with Gasteiger partial charge in [0.2, 0.25) is 0 Å². The number of hydrogen-bond acceptors (Lipinski definition) is 2. The molecule has 1 aromatic rings. The lowest BCUT2D eigenvalue weighted by Gasteiger charge is -1.94. The van der Waals surface area contributed by atoms with Crippen LogP contribution < -0.4 is 5.59 Å². The van der Waals surface area contributed by atoms with Crippen molar-refractivity contribution in [3.8, 4) is 0 Å². The highest BCUT2D eigenvalue weighted by atomic mass is 15.1. The average Bonchev–Trinajstić information content (AvgIpc) is 1.95. The Morgan fingerprint density at radius 3 is 2.80 bits per heavy atom. The van der Waals surface area contributed by atoms with Crippen LogP contribution in [-0.4, -0.2) is 25.3 Å². The van der Waals surface area contributed by atoms with Gasteiger partial charge in [0, 0.05) is 5.59 Å². The van der Waals surface area contributed by atoms with E-state index in [1.165, 1.54) is 0 Å². The Kier molecular flexibility index (Phi) is 2.49. The molecule has 3 radical (unpaired) electrons. The van der Waals surface area contributed by atoms with E-state index in [1.807, 2.05) is 20.2 Å². The van der Waals surface area contributed by atoms with Crippen LogP contribution in [0.1, 0.15) is 5.69 Å². The van der Waals surface area contributed by atoms with Crippen LogP contribution in [0.25, 0.3) is 0 Å². The fraction of sp³-hybridized carbons (Fsp3) is 0.333. The first kappa shape index (κ1) is 7.32. The lowest BCUT2D eigenvalue weighted by atomic mass is 9.77. The number of rotatable bonds is 2. The molecule has 4 heteroatoms. The van der Waals surface area contributed by atoms with Crippen molar-refractivity contribution in [3.05, 3.63) is 17.8 Å². The van der Waals surface area contributed by atoms with E-state index in [4.69, 9.17) is 7.85 Å². The van der Waals surface area contributed by atoms with E-state index in [0.29, 0.717) is 5.59 Å². The lowest BCUT2D eigenvalue weighted by Crippen LogP contribution is -2.11. The number of aromatic nitrogens is 2. The van der Waals surface area contributed by atoms with Gasteiger partial charge in [-0.05, 0) is 18.5 Å². The zero-order chi connectivity index (χ0) is 7.40. The molecule has 1 heterocycles. The van der Waals surface area contributed by atoms with Crippen molar-refractivity contribution < 1.29 is 0 Å². The first-order chi connectivity index (χ1) is 4.83. The van der Waals surface area contributed by atoms with Gasteiger partial charge in [-0.25, -0.2) is 0 Å². The first-order valence-corrected chi connectivity index (χ1v) is 3.19. The Balaban J connectivity index is 2.69. The van der Waals surface area contributed by atoms with Crippen LogP contribution in [-0.2, 0) is 6.32 Å². The molecule has 47 valence electrons. The predicted molar refractivity (Wildman–Crippen MR) is 42.7 cm³/mol. The molecular formula is C6H7B2N2. The van der Waals surface area contributed by atoms with Crippen LogP contribution in [0.2, 0.25) is 6.82 Å². The predicted octanol–water partition coefficient (Wildman–Crippen LogP) is -0.477. The van der Waals surface area contributed by atoms with Gasteiger partial charge in [-0.15, -0.1) is 0 Å². The second kappa shape index (κ2) is 3.40. The zero-order valence-corrected chi connectivity index (χ0v) is 5.91. The molecule has 0 aliphatic rings. The molecule has 0 atom stereocenters. The third-order valence-corrected chi connectivity index (χ3v) is 1.15. The molecule has 10 heavy (non-hydrogen) atoms. The standard InChI is InChI=1S/C6H7B2N2/c1-8-4-5-2-3-6(7)10-9-5/h2-3H,4H2,1H3. The molecule has 1 aromatic heterocycles. The zero-order valence-electron chi connectivity index (χ0n) is 5.91. The summed E-state index contributed by atoms with van der Waals surface area (Å²) in [4.78, 5) is 0. The summed E-state index contributed by atoms with van der Waals surface area (Å²) >= 11 is 0. The highest BCUT2D eigenvalue weighted by Crippen LogP contribution is 1.88. The van der Waals surface area contributed by atoms with E-state index in [1.54, 1.807) is 6.07 Å². The third kappa shape index (κ3) is 1.86. The number of hydrogen-bond donors (Lipinski definition) is 0. The molecule has 0 N–H and O–H groups in total. The summed E-state index contributed by atoms with van der Waals surface area (Å²) in [6.45, 7) is 1.98. The Bertz CT molecular complexity index is 197. The van der Waals surface area contributed by atoms with E-state index in [-0.39, 0.29) is 0 Å². The Morgan fingerprint density at radius 1 is 1.50 bits per heavy atom. The van der Waals surface area contributed by atoms with Gasteiger partial charge in [-0.3, -0.25) is 0 Å². The van der Waals surface area contributed by atoms with E-state index >= 15 is 0 Å². The monoisotopic (exact) mass is 129 g/mol. The molecule has 0 saturated heterocycles. The minimum atomic E-state index is 0.472. The summed E-state index contributed by atoms with van der Waals surface area (Å²) in [5.41, 5.74) is 1.43. The van der Waals surface area contributed by atoms with Gasteiger partial charge in [0.1, 0.15) is 15.1 Å². The molecule has 0 fully saturated rings. The quantitative estimate of drug-likeness (QED) is 0.504. The van der Waals surface area contributed by atoms with E-state index in [9.17, 15) is 0 Å². The van der Waals surface area contributed by atoms with Gasteiger partial charge in [0.15, 0.2) is 0 Å². The molecule has 2 nitrogen and oxygen atoms in total. The van der Waals surface area contributed by atoms with Crippen LogP contribution in [0.4, 0.5) is 0 Å². The van der Waals surface area contributed by atoms with E-state index in [2.05, 4.69) is 10.2 Å². The van der Waals surface area contributed by atoms with Crippen molar-refractivity contribution >= 4 is 20.7 Å². The minimum Gasteiger partial charge on any atom is -0.167 e. The Hall–Kier alpha value is -0.790. The smallest absolute Gasteiger partial charge is 0.144 e. The summed E-state index contributed by atoms with van der Waals surface area (Å²) in [5, 5.41) is 7.57. The maximum absolute atomic E-state index is 5.34. The highest BCUT2D eigenvalue weighted by molar-refractivity contribution is 6.33. The van der Waals surface area contributed by atoms with Gasteiger partial charge in [0.25, 0.3) is 0 Å². The summed E-state index contributed by atoms with van der Waals surface area (Å²) in [6, 6.07) is 3.63. The summed E-state index contributed by atoms with van der Waals surface area (Å²) < 4.78 is 0. The molecule has 0 aromatic carbocycles. The molecule has 0 spiro atoms. The van der Waals surface area contributed by atoms with Gasteiger partial charge in [0.05, 0.1) is 5.69 Å². The summed E-state index contributed by atoms with van der Waals surface area (Å²) in [6.07, 6.45) is 0.854. The van der Waals surface area contributed by atoms with Crippen molar-refractivity contribution in [2.45, 2.75) is 13.1 Å². The lowest BCUT2D eigenvalue weighted by molar-refractivity contribution is 0.989. The normalized spacial score (nSPS) is 9.30.